The highest BCUT2D eigenvalue weighted by Gasteiger charge is 2.25. The van der Waals surface area contributed by atoms with Crippen LogP contribution in [0.3, 0.4) is 0 Å². The second-order valence-electron chi connectivity index (χ2n) is 8.11. The monoisotopic (exact) mass is 501 g/mol. The van der Waals surface area contributed by atoms with Crippen LogP contribution in [0.1, 0.15) is 32.6 Å². The number of urea groups is 1. The summed E-state index contributed by atoms with van der Waals surface area (Å²) in [6.07, 6.45) is 3.15. The van der Waals surface area contributed by atoms with Crippen molar-refractivity contribution in [3.05, 3.63) is 36.4 Å². The summed E-state index contributed by atoms with van der Waals surface area (Å²) >= 11 is 0. The van der Waals surface area contributed by atoms with Crippen LogP contribution in [0.4, 0.5) is 16.2 Å². The molecule has 0 saturated carbocycles. The molecule has 13 nitrogen and oxygen atoms in total. The Labute approximate surface area is 208 Å². The van der Waals surface area contributed by atoms with E-state index in [2.05, 4.69) is 21.3 Å². The van der Waals surface area contributed by atoms with Gasteiger partial charge in [0.1, 0.15) is 6.04 Å². The molecule has 0 unspecified atom stereocenters. The van der Waals surface area contributed by atoms with Gasteiger partial charge in [-0.3, -0.25) is 24.0 Å². The number of amides is 7. The highest BCUT2D eigenvalue weighted by molar-refractivity contribution is 6.28. The van der Waals surface area contributed by atoms with Crippen LogP contribution in [0.25, 0.3) is 0 Å². The van der Waals surface area contributed by atoms with Gasteiger partial charge in [0.15, 0.2) is 0 Å². The molecule has 194 valence electrons. The number of nitrogens with zero attached hydrogens (tertiary/aromatic N) is 1. The Bertz CT molecular complexity index is 1010. The van der Waals surface area contributed by atoms with Gasteiger partial charge in [-0.15, -0.1) is 0 Å². The van der Waals surface area contributed by atoms with E-state index in [-0.39, 0.29) is 31.8 Å². The number of nitrogens with two attached hydrogens (primary N) is 2. The quantitative estimate of drug-likeness (QED) is 0.150. The van der Waals surface area contributed by atoms with Crippen molar-refractivity contribution in [2.45, 2.75) is 44.7 Å². The van der Waals surface area contributed by atoms with Gasteiger partial charge in [-0.05, 0) is 44.0 Å². The molecule has 0 aliphatic carbocycles. The normalized spacial score (nSPS) is 14.2. The Morgan fingerprint density at radius 3 is 2.19 bits per heavy atom. The van der Waals surface area contributed by atoms with Crippen LogP contribution in [0.15, 0.2) is 36.4 Å². The number of nitrogens with one attached hydrogen (secondary N) is 4. The van der Waals surface area contributed by atoms with Gasteiger partial charge in [0.25, 0.3) is 11.8 Å². The summed E-state index contributed by atoms with van der Waals surface area (Å²) in [5, 5.41) is 10.4. The van der Waals surface area contributed by atoms with Crippen LogP contribution in [0, 0.1) is 0 Å². The summed E-state index contributed by atoms with van der Waals surface area (Å²) in [7, 11) is 0. The molecule has 2 atom stereocenters. The van der Waals surface area contributed by atoms with Crippen molar-refractivity contribution in [3.63, 3.8) is 0 Å². The van der Waals surface area contributed by atoms with Crippen molar-refractivity contribution in [1.29, 1.82) is 0 Å². The van der Waals surface area contributed by atoms with Crippen molar-refractivity contribution in [2.75, 3.05) is 23.3 Å². The number of hydrogen-bond donors (Lipinski definition) is 6. The van der Waals surface area contributed by atoms with Crippen LogP contribution < -0.4 is 37.6 Å². The molecular weight excluding hydrogens is 470 g/mol. The third-order valence-electron chi connectivity index (χ3n) is 5.17. The largest absolute Gasteiger partial charge is 0.352 e. The fourth-order valence-corrected chi connectivity index (χ4v) is 3.41. The van der Waals surface area contributed by atoms with Crippen molar-refractivity contribution in [2.24, 2.45) is 11.5 Å². The van der Waals surface area contributed by atoms with Crippen LogP contribution in [-0.4, -0.2) is 60.7 Å². The Morgan fingerprint density at radius 2 is 1.61 bits per heavy atom. The first-order valence-electron chi connectivity index (χ1n) is 11.4. The Kier molecular flexibility index (Phi) is 10.6. The molecule has 0 fully saturated rings. The maximum atomic E-state index is 12.7. The minimum absolute atomic E-state index is 0.0810. The fraction of sp³-hybridized carbons (Fsp3) is 0.391. The smallest absolute Gasteiger partial charge is 0.312 e. The molecule has 0 bridgehead atoms. The van der Waals surface area contributed by atoms with Crippen molar-refractivity contribution >= 4 is 46.9 Å². The maximum absolute atomic E-state index is 12.7. The molecule has 8 N–H and O–H groups in total. The zero-order chi connectivity index (χ0) is 26.7. The number of carbonyl (C=O) groups excluding carboxylic acids is 6. The van der Waals surface area contributed by atoms with Crippen molar-refractivity contribution < 1.29 is 28.8 Å². The van der Waals surface area contributed by atoms with E-state index in [9.17, 15) is 28.8 Å². The highest BCUT2D eigenvalue weighted by Crippen LogP contribution is 2.21. The average molecular weight is 502 g/mol. The van der Waals surface area contributed by atoms with Crippen molar-refractivity contribution in [3.8, 4) is 0 Å². The Morgan fingerprint density at radius 1 is 0.972 bits per heavy atom. The number of rotatable bonds is 13. The van der Waals surface area contributed by atoms with Gasteiger partial charge >= 0.3 is 6.03 Å². The van der Waals surface area contributed by atoms with Gasteiger partial charge in [0, 0.05) is 49.8 Å². The lowest BCUT2D eigenvalue weighted by atomic mass is 10.1. The summed E-state index contributed by atoms with van der Waals surface area (Å²) in [6, 6.07) is 4.04. The average Bonchev–Trinajstić information content (AvgIpc) is 3.14. The van der Waals surface area contributed by atoms with Crippen molar-refractivity contribution in [1.82, 2.24) is 16.0 Å². The molecule has 0 aromatic heterocycles. The molecule has 1 heterocycles. The van der Waals surface area contributed by atoms with Gasteiger partial charge in [-0.1, -0.05) is 0 Å². The third-order valence-corrected chi connectivity index (χ3v) is 5.17. The van der Waals surface area contributed by atoms with E-state index in [1.807, 2.05) is 0 Å². The number of anilines is 2. The molecule has 7 amide bonds. The van der Waals surface area contributed by atoms with Gasteiger partial charge < -0.3 is 32.7 Å². The van der Waals surface area contributed by atoms with E-state index in [0.717, 1.165) is 4.90 Å². The Hall–Kier alpha value is -4.26. The summed E-state index contributed by atoms with van der Waals surface area (Å²) in [4.78, 5) is 72.4. The van der Waals surface area contributed by atoms with E-state index >= 15 is 0 Å². The zero-order valence-electron chi connectivity index (χ0n) is 19.9. The van der Waals surface area contributed by atoms with E-state index in [1.54, 1.807) is 12.1 Å². The molecule has 1 aromatic carbocycles. The van der Waals surface area contributed by atoms with Crippen LogP contribution in [-0.2, 0) is 24.0 Å². The lowest BCUT2D eigenvalue weighted by Crippen LogP contribution is -2.49. The summed E-state index contributed by atoms with van der Waals surface area (Å²) in [5.41, 5.74) is 11.2. The van der Waals surface area contributed by atoms with Crippen LogP contribution >= 0.6 is 0 Å². The second-order valence-corrected chi connectivity index (χ2v) is 8.11. The van der Waals surface area contributed by atoms with Gasteiger partial charge in [-0.25, -0.2) is 9.69 Å². The molecule has 0 saturated heterocycles. The number of primary amides is 1. The summed E-state index contributed by atoms with van der Waals surface area (Å²) < 4.78 is 0. The van der Waals surface area contributed by atoms with Crippen LogP contribution in [0.2, 0.25) is 0 Å². The summed E-state index contributed by atoms with van der Waals surface area (Å²) in [5.74, 6) is -2.13. The first-order valence-corrected chi connectivity index (χ1v) is 11.4. The number of carbonyl (C=O) groups is 6. The molecule has 1 aromatic rings. The fourth-order valence-electron chi connectivity index (χ4n) is 3.41. The molecule has 1 aliphatic heterocycles. The molecule has 13 heteroatoms. The molecule has 1 aliphatic rings. The van der Waals surface area contributed by atoms with Gasteiger partial charge in [-0.2, -0.15) is 0 Å². The van der Waals surface area contributed by atoms with E-state index < -0.39 is 41.7 Å². The van der Waals surface area contributed by atoms with Gasteiger partial charge in [0.05, 0.1) is 5.69 Å². The molecule has 0 spiro atoms. The molecule has 2 rings (SSSR count). The van der Waals surface area contributed by atoms with Crippen LogP contribution in [0.5, 0.6) is 0 Å². The summed E-state index contributed by atoms with van der Waals surface area (Å²) in [6.45, 7) is 1.93. The highest BCUT2D eigenvalue weighted by atomic mass is 16.2. The minimum atomic E-state index is -0.837. The standard InChI is InChI=1S/C23H31N7O6/c1-14(27-18(31)10-11-24)22(35)29-16(3-2-12-26-23(25)36)13-19(32)28-15-4-6-17(7-5-15)30-20(33)8-9-21(30)34/h4-9,14,16H,2-3,10-13,24H2,1H3,(H,27,31)(H,28,32)(H,29,35)(H3,25,26,36)/t14-,16-/m0/s1. The van der Waals surface area contributed by atoms with Gasteiger partial charge in [0.2, 0.25) is 17.7 Å². The lowest BCUT2D eigenvalue weighted by Gasteiger charge is -2.22. The number of imide groups is 1. The van der Waals surface area contributed by atoms with E-state index in [0.29, 0.717) is 24.2 Å². The maximum Gasteiger partial charge on any atom is 0.312 e. The van der Waals surface area contributed by atoms with E-state index in [1.165, 1.54) is 31.2 Å². The zero-order valence-corrected chi connectivity index (χ0v) is 19.9. The third kappa shape index (κ3) is 8.83. The number of benzene rings is 1. The molecule has 36 heavy (non-hydrogen) atoms. The molecule has 0 radical (unpaired) electrons. The lowest BCUT2D eigenvalue weighted by molar-refractivity contribution is -0.129. The second kappa shape index (κ2) is 13.6. The minimum Gasteiger partial charge on any atom is -0.352 e. The first kappa shape index (κ1) is 28.0. The first-order chi connectivity index (χ1) is 17.1. The van der Waals surface area contributed by atoms with E-state index in [4.69, 9.17) is 11.5 Å². The topological polar surface area (TPSA) is 206 Å². The predicted molar refractivity (Wildman–Crippen MR) is 131 cm³/mol. The number of hydrogen-bond acceptors (Lipinski definition) is 7. The predicted octanol–water partition coefficient (Wildman–Crippen LogP) is -0.769. The Balaban J connectivity index is 1.97. The molecular formula is C23H31N7O6. The SMILES string of the molecule is C[C@H](NC(=O)CCN)C(=O)N[C@@H](CCCNC(N)=O)CC(=O)Nc1ccc(N2C(=O)C=CC2=O)cc1.